The van der Waals surface area contributed by atoms with Gasteiger partial charge in [0.05, 0.1) is 13.7 Å². The van der Waals surface area contributed by atoms with Crippen LogP contribution in [0.2, 0.25) is 0 Å². The number of hydrogen-bond donors (Lipinski definition) is 1. The molecule has 3 rings (SSSR count). The third-order valence-electron chi connectivity index (χ3n) is 3.94. The largest absolute Gasteiger partial charge is 0.497 e. The van der Waals surface area contributed by atoms with Gasteiger partial charge in [-0.1, -0.05) is 12.1 Å². The summed E-state index contributed by atoms with van der Waals surface area (Å²) in [5.74, 6) is 2.19. The quantitative estimate of drug-likeness (QED) is 0.436. The molecule has 0 spiro atoms. The molecule has 0 saturated heterocycles. The molecule has 28 heavy (non-hydrogen) atoms. The van der Waals surface area contributed by atoms with Crippen molar-refractivity contribution in [3.05, 3.63) is 84.2 Å². The monoisotopic (exact) mass is 394 g/mol. The van der Waals surface area contributed by atoms with Crippen molar-refractivity contribution in [3.8, 4) is 11.5 Å². The molecule has 2 aromatic carbocycles. The number of benzene rings is 2. The van der Waals surface area contributed by atoms with Crippen molar-refractivity contribution in [3.63, 3.8) is 0 Å². The number of ether oxygens (including phenoxy) is 2. The molecule has 0 aliphatic rings. The maximum Gasteiger partial charge on any atom is 0.251 e. The van der Waals surface area contributed by atoms with Gasteiger partial charge in [0.25, 0.3) is 5.91 Å². The summed E-state index contributed by atoms with van der Waals surface area (Å²) < 4.78 is 10.8. The van der Waals surface area contributed by atoms with Crippen LogP contribution in [-0.4, -0.2) is 31.2 Å². The van der Waals surface area contributed by atoms with Crippen LogP contribution in [0.4, 0.5) is 0 Å². The smallest absolute Gasteiger partial charge is 0.251 e. The molecule has 0 aliphatic carbocycles. The third-order valence-corrected chi connectivity index (χ3v) is 5.03. The van der Waals surface area contributed by atoms with Gasteiger partial charge >= 0.3 is 0 Å². The van der Waals surface area contributed by atoms with Crippen molar-refractivity contribution in [2.24, 2.45) is 0 Å². The highest BCUT2D eigenvalue weighted by atomic mass is 32.2. The van der Waals surface area contributed by atoms with E-state index in [2.05, 4.69) is 16.4 Å². The van der Waals surface area contributed by atoms with Gasteiger partial charge in [0, 0.05) is 34.7 Å². The molecule has 0 saturated carbocycles. The molecule has 1 N–H and O–H groups in total. The fraction of sp³-hybridized carbons (Fsp3) is 0.182. The molecule has 5 nitrogen and oxygen atoms in total. The first-order chi connectivity index (χ1) is 13.7. The highest BCUT2D eigenvalue weighted by Gasteiger charge is 2.05. The van der Waals surface area contributed by atoms with Crippen molar-refractivity contribution in [1.82, 2.24) is 10.3 Å². The van der Waals surface area contributed by atoms with Crippen LogP contribution in [0.25, 0.3) is 0 Å². The van der Waals surface area contributed by atoms with Crippen LogP contribution in [-0.2, 0) is 5.75 Å². The summed E-state index contributed by atoms with van der Waals surface area (Å²) in [5.41, 5.74) is 1.80. The Bertz CT molecular complexity index is 886. The van der Waals surface area contributed by atoms with E-state index in [1.165, 1.54) is 5.56 Å². The number of carbonyl (C=O) groups is 1. The molecule has 0 unspecified atom stereocenters. The first-order valence-electron chi connectivity index (χ1n) is 8.91. The minimum absolute atomic E-state index is 0.113. The molecule has 6 heteroatoms. The standard InChI is InChI=1S/C22H22N2O3S/c1-26-19-5-2-6-20(14-19)27-13-12-24-22(25)18-7-9-21(10-8-18)28-16-17-4-3-11-23-15-17/h2-11,14-15H,12-13,16H2,1H3,(H,24,25). The summed E-state index contributed by atoms with van der Waals surface area (Å²) in [6.45, 7) is 0.811. The molecule has 1 amide bonds. The van der Waals surface area contributed by atoms with Gasteiger partial charge in [-0.25, -0.2) is 0 Å². The zero-order valence-corrected chi connectivity index (χ0v) is 16.4. The Kier molecular flexibility index (Phi) is 7.32. The number of thioether (sulfide) groups is 1. The molecular formula is C22H22N2O3S. The van der Waals surface area contributed by atoms with E-state index < -0.39 is 0 Å². The van der Waals surface area contributed by atoms with E-state index in [0.29, 0.717) is 24.5 Å². The molecule has 1 heterocycles. The van der Waals surface area contributed by atoms with Gasteiger partial charge in [-0.3, -0.25) is 9.78 Å². The third kappa shape index (κ3) is 6.03. The highest BCUT2D eigenvalue weighted by molar-refractivity contribution is 7.98. The van der Waals surface area contributed by atoms with E-state index in [9.17, 15) is 4.79 Å². The molecule has 0 aliphatic heterocycles. The number of hydrogen-bond acceptors (Lipinski definition) is 5. The van der Waals surface area contributed by atoms with Gasteiger partial charge in [-0.15, -0.1) is 11.8 Å². The van der Waals surface area contributed by atoms with Crippen molar-refractivity contribution in [2.75, 3.05) is 20.3 Å². The lowest BCUT2D eigenvalue weighted by Crippen LogP contribution is -2.28. The Labute approximate surface area is 169 Å². The lowest BCUT2D eigenvalue weighted by atomic mass is 10.2. The molecule has 144 valence electrons. The number of nitrogens with one attached hydrogen (secondary N) is 1. The molecule has 0 radical (unpaired) electrons. The lowest BCUT2D eigenvalue weighted by molar-refractivity contribution is 0.0947. The number of pyridine rings is 1. The fourth-order valence-corrected chi connectivity index (χ4v) is 3.31. The number of aromatic nitrogens is 1. The number of amides is 1. The average molecular weight is 394 g/mol. The SMILES string of the molecule is COc1cccc(OCCNC(=O)c2ccc(SCc3cccnc3)cc2)c1. The average Bonchev–Trinajstić information content (AvgIpc) is 2.76. The molecular weight excluding hydrogens is 372 g/mol. The van der Waals surface area contributed by atoms with Gasteiger partial charge in [0.15, 0.2) is 0 Å². The zero-order valence-electron chi connectivity index (χ0n) is 15.6. The van der Waals surface area contributed by atoms with E-state index in [0.717, 1.165) is 16.4 Å². The van der Waals surface area contributed by atoms with Crippen molar-refractivity contribution < 1.29 is 14.3 Å². The second-order valence-electron chi connectivity index (χ2n) is 5.96. The van der Waals surface area contributed by atoms with Crippen LogP contribution in [0, 0.1) is 0 Å². The van der Waals surface area contributed by atoms with Gasteiger partial charge in [0.1, 0.15) is 18.1 Å². The van der Waals surface area contributed by atoms with Crippen LogP contribution in [0.5, 0.6) is 11.5 Å². The van der Waals surface area contributed by atoms with E-state index in [-0.39, 0.29) is 5.91 Å². The predicted octanol–water partition coefficient (Wildman–Crippen LogP) is 4.19. The summed E-state index contributed by atoms with van der Waals surface area (Å²) in [7, 11) is 1.61. The molecule has 0 bridgehead atoms. The van der Waals surface area contributed by atoms with Crippen molar-refractivity contribution in [2.45, 2.75) is 10.6 Å². The fourth-order valence-electron chi connectivity index (χ4n) is 2.48. The van der Waals surface area contributed by atoms with Crippen LogP contribution in [0.3, 0.4) is 0 Å². The van der Waals surface area contributed by atoms with Crippen LogP contribution in [0.15, 0.2) is 78.0 Å². The minimum atomic E-state index is -0.113. The zero-order chi connectivity index (χ0) is 19.6. The molecule has 0 fully saturated rings. The minimum Gasteiger partial charge on any atom is -0.497 e. The van der Waals surface area contributed by atoms with Gasteiger partial charge in [-0.05, 0) is 48.0 Å². The van der Waals surface area contributed by atoms with Gasteiger partial charge in [0.2, 0.25) is 0 Å². The maximum absolute atomic E-state index is 12.2. The Hall–Kier alpha value is -2.99. The summed E-state index contributed by atoms with van der Waals surface area (Å²) in [4.78, 5) is 17.5. The number of rotatable bonds is 9. The van der Waals surface area contributed by atoms with Crippen LogP contribution in [0.1, 0.15) is 15.9 Å². The number of carbonyl (C=O) groups excluding carboxylic acids is 1. The second kappa shape index (κ2) is 10.4. The summed E-state index contributed by atoms with van der Waals surface area (Å²) in [6, 6.07) is 19.0. The second-order valence-corrected chi connectivity index (χ2v) is 7.01. The van der Waals surface area contributed by atoms with E-state index in [1.54, 1.807) is 25.1 Å². The highest BCUT2D eigenvalue weighted by Crippen LogP contribution is 2.22. The van der Waals surface area contributed by atoms with Crippen LogP contribution >= 0.6 is 11.8 Å². The summed E-state index contributed by atoms with van der Waals surface area (Å²) in [6.07, 6.45) is 3.63. The Morgan fingerprint density at radius 3 is 2.64 bits per heavy atom. The van der Waals surface area contributed by atoms with Crippen molar-refractivity contribution in [1.29, 1.82) is 0 Å². The molecule has 0 atom stereocenters. The first-order valence-corrected chi connectivity index (χ1v) is 9.90. The number of nitrogens with zero attached hydrogens (tertiary/aromatic N) is 1. The van der Waals surface area contributed by atoms with Crippen LogP contribution < -0.4 is 14.8 Å². The van der Waals surface area contributed by atoms with Gasteiger partial charge < -0.3 is 14.8 Å². The topological polar surface area (TPSA) is 60.5 Å². The molecule has 1 aromatic heterocycles. The van der Waals surface area contributed by atoms with E-state index >= 15 is 0 Å². The maximum atomic E-state index is 12.2. The Morgan fingerprint density at radius 1 is 1.07 bits per heavy atom. The van der Waals surface area contributed by atoms with E-state index in [4.69, 9.17) is 9.47 Å². The normalized spacial score (nSPS) is 10.3. The van der Waals surface area contributed by atoms with Crippen molar-refractivity contribution >= 4 is 17.7 Å². The van der Waals surface area contributed by atoms with E-state index in [1.807, 2.05) is 60.8 Å². The molecule has 3 aromatic rings. The Balaban J connectivity index is 1.41. The van der Waals surface area contributed by atoms with Gasteiger partial charge in [-0.2, -0.15) is 0 Å². The number of methoxy groups -OCH3 is 1. The predicted molar refractivity (Wildman–Crippen MR) is 111 cm³/mol. The first kappa shape index (κ1) is 19.8. The lowest BCUT2D eigenvalue weighted by Gasteiger charge is -2.09. The summed E-state index contributed by atoms with van der Waals surface area (Å²) in [5, 5.41) is 2.86. The summed E-state index contributed by atoms with van der Waals surface area (Å²) >= 11 is 1.71. The Morgan fingerprint density at radius 2 is 1.89 bits per heavy atom.